The van der Waals surface area contributed by atoms with Gasteiger partial charge in [0.1, 0.15) is 5.02 Å². The maximum absolute atomic E-state index is 13.4. The van der Waals surface area contributed by atoms with Crippen molar-refractivity contribution in [1.82, 2.24) is 9.78 Å². The first-order valence-electron chi connectivity index (χ1n) is 11.0. The fourth-order valence-electron chi connectivity index (χ4n) is 7.16. The lowest BCUT2D eigenvalue weighted by molar-refractivity contribution is -0.151. The van der Waals surface area contributed by atoms with Crippen molar-refractivity contribution in [2.24, 2.45) is 17.3 Å². The Balaban J connectivity index is 1.33. The number of nitrogens with zero attached hydrogens (tertiary/aromatic N) is 2. The molecule has 32 heavy (non-hydrogen) atoms. The summed E-state index contributed by atoms with van der Waals surface area (Å²) in [7, 11) is 0. The molecule has 8 nitrogen and oxygen atoms in total. The normalized spacial score (nSPS) is 31.7. The molecule has 5 aliphatic rings. The topological polar surface area (TPSA) is 103 Å². The minimum atomic E-state index is -0.760. The molecule has 4 saturated carbocycles. The zero-order chi connectivity index (χ0) is 22.1. The Morgan fingerprint density at radius 1 is 1.22 bits per heavy atom. The molecule has 1 aromatic carbocycles. The summed E-state index contributed by atoms with van der Waals surface area (Å²) < 4.78 is 12.3. The van der Waals surface area contributed by atoms with E-state index in [1.165, 1.54) is 0 Å². The molecule has 4 bridgehead atoms. The maximum atomic E-state index is 13.4. The van der Waals surface area contributed by atoms with Crippen LogP contribution in [0.1, 0.15) is 44.9 Å². The molecular formula is C23H24ClN3O5. The highest BCUT2D eigenvalue weighted by molar-refractivity contribution is 6.33. The smallest absolute Gasteiger partial charge is 0.303 e. The number of fused-ring (bicyclic) bond motifs is 1. The van der Waals surface area contributed by atoms with Crippen LogP contribution in [0.2, 0.25) is 5.02 Å². The fourth-order valence-corrected chi connectivity index (χ4v) is 7.34. The van der Waals surface area contributed by atoms with E-state index < -0.39 is 11.5 Å². The molecule has 4 aliphatic carbocycles. The van der Waals surface area contributed by atoms with Gasteiger partial charge < -0.3 is 19.9 Å². The van der Waals surface area contributed by atoms with Crippen LogP contribution in [-0.4, -0.2) is 27.6 Å². The van der Waals surface area contributed by atoms with Crippen LogP contribution in [0.5, 0.6) is 11.5 Å². The number of benzene rings is 1. The number of carbonyl (C=O) groups is 1. The number of halogens is 1. The molecule has 2 heterocycles. The minimum absolute atomic E-state index is 0.0840. The number of carboxylic acids is 1. The van der Waals surface area contributed by atoms with Crippen molar-refractivity contribution >= 4 is 28.9 Å². The number of carboxylic acid groups (broad SMARTS) is 1. The van der Waals surface area contributed by atoms with Crippen molar-refractivity contribution in [3.63, 3.8) is 0 Å². The molecule has 2 unspecified atom stereocenters. The van der Waals surface area contributed by atoms with Crippen LogP contribution in [0.3, 0.4) is 0 Å². The van der Waals surface area contributed by atoms with Gasteiger partial charge in [-0.1, -0.05) is 11.6 Å². The highest BCUT2D eigenvalue weighted by Gasteiger charge is 2.59. The lowest BCUT2D eigenvalue weighted by atomic mass is 9.46. The Morgan fingerprint density at radius 3 is 2.72 bits per heavy atom. The van der Waals surface area contributed by atoms with Crippen molar-refractivity contribution in [1.29, 1.82) is 0 Å². The third-order valence-electron chi connectivity index (χ3n) is 7.70. The van der Waals surface area contributed by atoms with Crippen LogP contribution in [0.25, 0.3) is 0 Å². The van der Waals surface area contributed by atoms with Crippen LogP contribution < -0.4 is 20.3 Å². The lowest BCUT2D eigenvalue weighted by Gasteiger charge is -2.61. The summed E-state index contributed by atoms with van der Waals surface area (Å²) in [5.74, 6) is 1.42. The molecule has 9 heteroatoms. The third-order valence-corrected chi connectivity index (χ3v) is 8.06. The van der Waals surface area contributed by atoms with Crippen molar-refractivity contribution in [3.8, 4) is 11.5 Å². The zero-order valence-corrected chi connectivity index (χ0v) is 18.2. The van der Waals surface area contributed by atoms with E-state index in [0.29, 0.717) is 41.1 Å². The Morgan fingerprint density at radius 2 is 1.97 bits per heavy atom. The van der Waals surface area contributed by atoms with E-state index in [1.807, 2.05) is 6.07 Å². The number of aliphatic carboxylic acids is 1. The van der Waals surface area contributed by atoms with Crippen LogP contribution in [0.4, 0.5) is 11.4 Å². The molecule has 2 N–H and O–H groups in total. The summed E-state index contributed by atoms with van der Waals surface area (Å²) in [6.45, 7) is 0.185. The second-order valence-corrected chi connectivity index (χ2v) is 10.4. The van der Waals surface area contributed by atoms with Crippen molar-refractivity contribution in [3.05, 3.63) is 39.8 Å². The SMILES string of the molecule is O=C(O)CC12C[C@H]3C[C@@H](C1)CC(n1ncc(Nc4ccc5c(c4)OCO5)c(Cl)c1=O)(C3)C2. The summed E-state index contributed by atoms with van der Waals surface area (Å²) in [5.41, 5.74) is 0.122. The number of ether oxygens (including phenoxy) is 2. The number of nitrogens with one attached hydrogen (secondary N) is 1. The van der Waals surface area contributed by atoms with E-state index in [9.17, 15) is 14.7 Å². The van der Waals surface area contributed by atoms with E-state index >= 15 is 0 Å². The van der Waals surface area contributed by atoms with E-state index in [1.54, 1.807) is 23.0 Å². The van der Waals surface area contributed by atoms with E-state index in [2.05, 4.69) is 10.4 Å². The van der Waals surface area contributed by atoms with Crippen molar-refractivity contribution in [2.75, 3.05) is 12.1 Å². The minimum Gasteiger partial charge on any atom is -0.481 e. The quantitative estimate of drug-likeness (QED) is 0.695. The highest BCUT2D eigenvalue weighted by atomic mass is 35.5. The monoisotopic (exact) mass is 457 g/mol. The van der Waals surface area contributed by atoms with Gasteiger partial charge in [0.15, 0.2) is 11.5 Å². The van der Waals surface area contributed by atoms with Crippen molar-refractivity contribution in [2.45, 2.75) is 50.5 Å². The molecule has 1 aromatic heterocycles. The maximum Gasteiger partial charge on any atom is 0.303 e. The molecule has 0 spiro atoms. The third kappa shape index (κ3) is 3.07. The Kier molecular flexibility index (Phi) is 4.28. The number of rotatable bonds is 5. The first-order valence-corrected chi connectivity index (χ1v) is 11.4. The molecule has 0 radical (unpaired) electrons. The predicted octanol–water partition coefficient (Wildman–Crippen LogP) is 4.14. The standard InChI is InChI=1S/C23H24ClN3O5/c24-20-16(26-15-1-2-17-18(4-15)32-12-31-17)10-25-27(21(20)30)23-7-13-3-14(8-23)6-22(5-13,11-23)9-19(28)29/h1-2,4,10,13-14,26H,3,5-9,11-12H2,(H,28,29)/t13-,14+,22?,23?. The summed E-state index contributed by atoms with van der Waals surface area (Å²) in [5, 5.41) is 17.3. The second-order valence-electron chi connectivity index (χ2n) is 10.0. The van der Waals surface area contributed by atoms with Gasteiger partial charge in [0, 0.05) is 11.8 Å². The van der Waals surface area contributed by atoms with Gasteiger partial charge in [0.2, 0.25) is 6.79 Å². The number of aromatic nitrogens is 2. The summed E-state index contributed by atoms with van der Waals surface area (Å²) in [4.78, 5) is 25.0. The van der Waals surface area contributed by atoms with Gasteiger partial charge in [-0.15, -0.1) is 0 Å². The molecule has 7 rings (SSSR count). The first kappa shape index (κ1) is 19.9. The highest BCUT2D eigenvalue weighted by Crippen LogP contribution is 2.65. The summed E-state index contributed by atoms with van der Waals surface area (Å²) in [6.07, 6.45) is 7.15. The van der Waals surface area contributed by atoms with Crippen molar-refractivity contribution < 1.29 is 19.4 Å². The molecule has 4 fully saturated rings. The molecule has 4 atom stereocenters. The number of hydrogen-bond acceptors (Lipinski definition) is 6. The number of anilines is 2. The molecule has 0 saturated heterocycles. The lowest BCUT2D eigenvalue weighted by Crippen LogP contribution is -2.59. The molecule has 0 amide bonds. The van der Waals surface area contributed by atoms with Gasteiger partial charge in [-0.3, -0.25) is 9.59 Å². The first-order chi connectivity index (χ1) is 15.3. The van der Waals surface area contributed by atoms with Crippen LogP contribution in [-0.2, 0) is 10.3 Å². The predicted molar refractivity (Wildman–Crippen MR) is 117 cm³/mol. The van der Waals surface area contributed by atoms with E-state index in [0.717, 1.165) is 32.1 Å². The molecule has 1 aliphatic heterocycles. The second kappa shape index (κ2) is 6.88. The largest absolute Gasteiger partial charge is 0.481 e. The Hall–Kier alpha value is -2.74. The average molecular weight is 458 g/mol. The number of hydrogen-bond donors (Lipinski definition) is 2. The van der Waals surface area contributed by atoms with Crippen LogP contribution >= 0.6 is 11.6 Å². The zero-order valence-electron chi connectivity index (χ0n) is 17.5. The summed E-state index contributed by atoms with van der Waals surface area (Å²) in [6, 6.07) is 5.41. The molecule has 2 aromatic rings. The van der Waals surface area contributed by atoms with Crippen LogP contribution in [0, 0.1) is 17.3 Å². The van der Waals surface area contributed by atoms with Gasteiger partial charge in [-0.05, 0) is 67.9 Å². The van der Waals surface area contributed by atoms with E-state index in [4.69, 9.17) is 21.1 Å². The molecular weight excluding hydrogens is 434 g/mol. The van der Waals surface area contributed by atoms with Gasteiger partial charge in [-0.2, -0.15) is 5.10 Å². The Labute approximate surface area is 189 Å². The van der Waals surface area contributed by atoms with Gasteiger partial charge in [-0.25, -0.2) is 4.68 Å². The van der Waals surface area contributed by atoms with Gasteiger partial charge in [0.05, 0.1) is 23.8 Å². The average Bonchev–Trinajstić information content (AvgIpc) is 3.17. The Bertz CT molecular complexity index is 1160. The summed E-state index contributed by atoms with van der Waals surface area (Å²) >= 11 is 6.54. The van der Waals surface area contributed by atoms with Gasteiger partial charge in [0.25, 0.3) is 5.56 Å². The van der Waals surface area contributed by atoms with Gasteiger partial charge >= 0.3 is 5.97 Å². The fraction of sp³-hybridized carbons (Fsp3) is 0.522. The molecule has 168 valence electrons. The van der Waals surface area contributed by atoms with Crippen LogP contribution in [0.15, 0.2) is 29.2 Å². The van der Waals surface area contributed by atoms with E-state index in [-0.39, 0.29) is 29.2 Å².